The molecule has 1 N–H and O–H groups in total. The van der Waals surface area contributed by atoms with Gasteiger partial charge in [-0.3, -0.25) is 13.9 Å². The van der Waals surface area contributed by atoms with Crippen molar-refractivity contribution in [1.82, 2.24) is 9.13 Å². The van der Waals surface area contributed by atoms with Crippen LogP contribution in [0.3, 0.4) is 0 Å². The first-order chi connectivity index (χ1) is 17.6. The van der Waals surface area contributed by atoms with Crippen molar-refractivity contribution in [3.63, 3.8) is 0 Å². The topological polar surface area (TPSA) is 85.8 Å². The molecule has 1 unspecified atom stereocenters. The molecule has 1 aliphatic rings. The third-order valence-corrected chi connectivity index (χ3v) is 6.52. The van der Waals surface area contributed by atoms with E-state index in [9.17, 15) is 27.9 Å². The summed E-state index contributed by atoms with van der Waals surface area (Å²) in [6.07, 6.45) is -3.35. The number of fused-ring (bicyclic) bond motifs is 1. The molecular formula is C26H25ClF3N3O4. The smallest absolute Gasteiger partial charge is 0.406 e. The fourth-order valence-corrected chi connectivity index (χ4v) is 4.65. The number of aromatic nitrogens is 2. The molecular weight excluding hydrogens is 511 g/mol. The SMILES string of the molecule is Cn1c2c(c(=O)n(CCCO)c1=O)CCC(Cc1ccc(Cl)cc1)C(c1cccc(OC(F)(F)F)c1)=N2. The molecule has 1 aliphatic heterocycles. The molecule has 2 aromatic carbocycles. The Morgan fingerprint density at radius 1 is 1.16 bits per heavy atom. The summed E-state index contributed by atoms with van der Waals surface area (Å²) in [6.45, 7) is -0.106. The molecule has 0 radical (unpaired) electrons. The van der Waals surface area contributed by atoms with E-state index in [0.29, 0.717) is 41.1 Å². The Labute approximate surface area is 215 Å². The minimum absolute atomic E-state index is 0.0664. The fraction of sp³-hybridized carbons (Fsp3) is 0.346. The Bertz CT molecular complexity index is 1430. The molecule has 196 valence electrons. The van der Waals surface area contributed by atoms with Crippen LogP contribution >= 0.6 is 11.6 Å². The van der Waals surface area contributed by atoms with Crippen molar-refractivity contribution in [2.24, 2.45) is 18.0 Å². The van der Waals surface area contributed by atoms with E-state index in [4.69, 9.17) is 16.6 Å². The Hall–Kier alpha value is -3.37. The maximum atomic E-state index is 13.2. The lowest BCUT2D eigenvalue weighted by molar-refractivity contribution is -0.274. The number of rotatable bonds is 7. The summed E-state index contributed by atoms with van der Waals surface area (Å²) in [5.41, 5.74) is 1.07. The number of hydrogen-bond acceptors (Lipinski definition) is 5. The number of hydrogen-bond donors (Lipinski definition) is 1. The minimum Gasteiger partial charge on any atom is -0.406 e. The van der Waals surface area contributed by atoms with Gasteiger partial charge in [0, 0.05) is 31.1 Å². The summed E-state index contributed by atoms with van der Waals surface area (Å²) in [4.78, 5) is 30.9. The van der Waals surface area contributed by atoms with E-state index in [2.05, 4.69) is 4.74 Å². The molecule has 11 heteroatoms. The van der Waals surface area contributed by atoms with Gasteiger partial charge in [-0.15, -0.1) is 13.2 Å². The van der Waals surface area contributed by atoms with E-state index in [1.165, 1.54) is 29.8 Å². The highest BCUT2D eigenvalue weighted by Gasteiger charge is 2.32. The van der Waals surface area contributed by atoms with Crippen LogP contribution in [0.15, 0.2) is 63.1 Å². The number of aliphatic hydroxyl groups excluding tert-OH is 1. The van der Waals surface area contributed by atoms with Gasteiger partial charge in [-0.25, -0.2) is 9.79 Å². The predicted molar refractivity (Wildman–Crippen MR) is 134 cm³/mol. The van der Waals surface area contributed by atoms with E-state index in [1.807, 2.05) is 12.1 Å². The normalized spacial score (nSPS) is 15.6. The third-order valence-electron chi connectivity index (χ3n) is 6.26. The monoisotopic (exact) mass is 535 g/mol. The van der Waals surface area contributed by atoms with Crippen LogP contribution < -0.4 is 16.0 Å². The average molecular weight is 536 g/mol. The van der Waals surface area contributed by atoms with Crippen LogP contribution in [0.25, 0.3) is 0 Å². The van der Waals surface area contributed by atoms with Crippen LogP contribution in [0.1, 0.15) is 29.5 Å². The predicted octanol–water partition coefficient (Wildman–Crippen LogP) is 4.41. The number of alkyl halides is 3. The van der Waals surface area contributed by atoms with Gasteiger partial charge in [-0.1, -0.05) is 35.9 Å². The zero-order valence-corrected chi connectivity index (χ0v) is 20.7. The van der Waals surface area contributed by atoms with Crippen molar-refractivity contribution in [3.8, 4) is 5.75 Å². The molecule has 3 aromatic rings. The fourth-order valence-electron chi connectivity index (χ4n) is 4.52. The lowest BCUT2D eigenvalue weighted by Gasteiger charge is -2.19. The highest BCUT2D eigenvalue weighted by Crippen LogP contribution is 2.31. The summed E-state index contributed by atoms with van der Waals surface area (Å²) in [7, 11) is 1.50. The molecule has 0 saturated heterocycles. The molecule has 1 aromatic heterocycles. The molecule has 0 amide bonds. The number of ether oxygens (including phenoxy) is 1. The van der Waals surface area contributed by atoms with E-state index < -0.39 is 23.4 Å². The van der Waals surface area contributed by atoms with Crippen molar-refractivity contribution >= 4 is 23.1 Å². The number of benzene rings is 2. The Morgan fingerprint density at radius 2 is 1.89 bits per heavy atom. The zero-order valence-electron chi connectivity index (χ0n) is 20.0. The van der Waals surface area contributed by atoms with Crippen molar-refractivity contribution < 1.29 is 23.0 Å². The lowest BCUT2D eigenvalue weighted by Crippen LogP contribution is -2.41. The van der Waals surface area contributed by atoms with Crippen LogP contribution in [0.4, 0.5) is 19.0 Å². The molecule has 0 aliphatic carbocycles. The molecule has 0 spiro atoms. The molecule has 37 heavy (non-hydrogen) atoms. The maximum absolute atomic E-state index is 13.2. The first kappa shape index (κ1) is 26.7. The van der Waals surface area contributed by atoms with E-state index in [-0.39, 0.29) is 31.3 Å². The van der Waals surface area contributed by atoms with Crippen molar-refractivity contribution in [2.75, 3.05) is 6.61 Å². The number of aliphatic imine (C=N–C) groups is 1. The molecule has 1 atom stereocenters. The van der Waals surface area contributed by atoms with Gasteiger partial charge in [0.15, 0.2) is 0 Å². The number of halogens is 4. The quantitative estimate of drug-likeness (QED) is 0.486. The second kappa shape index (κ2) is 10.9. The summed E-state index contributed by atoms with van der Waals surface area (Å²) >= 11 is 6.02. The van der Waals surface area contributed by atoms with Gasteiger partial charge in [0.05, 0.1) is 11.3 Å². The summed E-state index contributed by atoms with van der Waals surface area (Å²) in [6, 6.07) is 12.7. The summed E-state index contributed by atoms with van der Waals surface area (Å²) in [5.74, 6) is -0.503. The van der Waals surface area contributed by atoms with Crippen LogP contribution in [-0.2, 0) is 26.4 Å². The lowest BCUT2D eigenvalue weighted by atomic mass is 9.87. The Kier molecular flexibility index (Phi) is 7.89. The van der Waals surface area contributed by atoms with Gasteiger partial charge >= 0.3 is 12.1 Å². The number of aliphatic hydroxyl groups is 1. The van der Waals surface area contributed by atoms with Gasteiger partial charge in [0.1, 0.15) is 11.6 Å². The van der Waals surface area contributed by atoms with Crippen LogP contribution in [-0.4, -0.2) is 32.9 Å². The number of nitrogens with zero attached hydrogens (tertiary/aromatic N) is 3. The van der Waals surface area contributed by atoms with Crippen LogP contribution in [0, 0.1) is 5.92 Å². The van der Waals surface area contributed by atoms with E-state index in [0.717, 1.165) is 10.1 Å². The molecule has 2 heterocycles. The average Bonchev–Trinajstić information content (AvgIpc) is 3.03. The maximum Gasteiger partial charge on any atom is 0.573 e. The first-order valence-corrected chi connectivity index (χ1v) is 12.1. The van der Waals surface area contributed by atoms with Crippen molar-refractivity contribution in [3.05, 3.63) is 91.1 Å². The van der Waals surface area contributed by atoms with Crippen LogP contribution in [0.2, 0.25) is 5.02 Å². The van der Waals surface area contributed by atoms with E-state index >= 15 is 0 Å². The van der Waals surface area contributed by atoms with Gasteiger partial charge in [0.25, 0.3) is 5.56 Å². The molecule has 0 fully saturated rings. The molecule has 4 rings (SSSR count). The molecule has 0 saturated carbocycles. The van der Waals surface area contributed by atoms with Gasteiger partial charge < -0.3 is 9.84 Å². The van der Waals surface area contributed by atoms with Gasteiger partial charge in [-0.05, 0) is 61.1 Å². The van der Waals surface area contributed by atoms with Gasteiger partial charge in [-0.2, -0.15) is 0 Å². The molecule has 0 bridgehead atoms. The second-order valence-corrected chi connectivity index (χ2v) is 9.25. The second-order valence-electron chi connectivity index (χ2n) is 8.82. The largest absolute Gasteiger partial charge is 0.573 e. The van der Waals surface area contributed by atoms with Crippen molar-refractivity contribution in [1.29, 1.82) is 0 Å². The first-order valence-electron chi connectivity index (χ1n) is 11.7. The minimum atomic E-state index is -4.86. The Morgan fingerprint density at radius 3 is 2.57 bits per heavy atom. The summed E-state index contributed by atoms with van der Waals surface area (Å²) in [5, 5.41) is 9.74. The zero-order chi connectivity index (χ0) is 26.7. The summed E-state index contributed by atoms with van der Waals surface area (Å²) < 4.78 is 45.1. The van der Waals surface area contributed by atoms with Gasteiger partial charge in [0.2, 0.25) is 0 Å². The Balaban J connectivity index is 1.86. The highest BCUT2D eigenvalue weighted by atomic mass is 35.5. The van der Waals surface area contributed by atoms with Crippen molar-refractivity contribution in [2.45, 2.75) is 38.6 Å². The van der Waals surface area contributed by atoms with Crippen LogP contribution in [0.5, 0.6) is 5.75 Å². The molecule has 7 nitrogen and oxygen atoms in total. The standard InChI is InChI=1S/C26H25ClF3N3O4/c1-32-23-21(24(35)33(25(32)36)12-3-13-34)11-8-18(14-16-6-9-19(27)10-7-16)22(31-23)17-4-2-5-20(15-17)37-26(28,29)30/h2,4-7,9-10,15,18,34H,3,8,11-14H2,1H3. The van der Waals surface area contributed by atoms with E-state index in [1.54, 1.807) is 18.2 Å². The third kappa shape index (κ3) is 6.14. The highest BCUT2D eigenvalue weighted by molar-refractivity contribution is 6.30.